The summed E-state index contributed by atoms with van der Waals surface area (Å²) in [6.45, 7) is 13.0. The van der Waals surface area contributed by atoms with Gasteiger partial charge in [0.05, 0.1) is 0 Å². The van der Waals surface area contributed by atoms with E-state index in [0.717, 1.165) is 18.0 Å². The molecule has 0 bridgehead atoms. The van der Waals surface area contributed by atoms with Crippen molar-refractivity contribution in [3.63, 3.8) is 0 Å². The van der Waals surface area contributed by atoms with Crippen molar-refractivity contribution in [1.82, 2.24) is 10.2 Å². The predicted molar refractivity (Wildman–Crippen MR) is 71.8 cm³/mol. The number of likely N-dealkylation sites (tertiary alicyclic amines) is 1. The van der Waals surface area contributed by atoms with Crippen LogP contribution in [0.3, 0.4) is 0 Å². The summed E-state index contributed by atoms with van der Waals surface area (Å²) in [6.07, 6.45) is 5.29. The zero-order valence-corrected chi connectivity index (χ0v) is 11.6. The first-order valence-corrected chi connectivity index (χ1v) is 7.14. The largest absolute Gasteiger partial charge is 0.312 e. The maximum absolute atomic E-state index is 3.72. The van der Waals surface area contributed by atoms with Crippen molar-refractivity contribution in [1.29, 1.82) is 0 Å². The molecule has 1 saturated heterocycles. The number of rotatable bonds is 7. The van der Waals surface area contributed by atoms with Gasteiger partial charge in [-0.3, -0.25) is 4.90 Å². The van der Waals surface area contributed by atoms with Crippen LogP contribution in [-0.4, -0.2) is 36.6 Å². The second kappa shape index (κ2) is 7.29. The Balaban J connectivity index is 2.29. The fourth-order valence-electron chi connectivity index (χ4n) is 2.72. The molecule has 2 heteroatoms. The van der Waals surface area contributed by atoms with Crippen molar-refractivity contribution >= 4 is 0 Å². The van der Waals surface area contributed by atoms with E-state index >= 15 is 0 Å². The van der Waals surface area contributed by atoms with Crippen LogP contribution >= 0.6 is 0 Å². The molecule has 1 fully saturated rings. The summed E-state index contributed by atoms with van der Waals surface area (Å²) in [5.74, 6) is 0.800. The fraction of sp³-hybridized carbons (Fsp3) is 1.00. The Kier molecular flexibility index (Phi) is 6.37. The second-order valence-corrected chi connectivity index (χ2v) is 5.61. The molecule has 1 atom stereocenters. The topological polar surface area (TPSA) is 15.3 Å². The minimum atomic E-state index is 0.724. The summed E-state index contributed by atoms with van der Waals surface area (Å²) in [7, 11) is 0. The molecule has 0 aromatic carbocycles. The van der Waals surface area contributed by atoms with Crippen LogP contribution in [0.15, 0.2) is 0 Å². The molecular formula is C14H30N2. The molecule has 1 aliphatic heterocycles. The highest BCUT2D eigenvalue weighted by atomic mass is 15.2. The second-order valence-electron chi connectivity index (χ2n) is 5.61. The molecule has 0 aliphatic carbocycles. The molecule has 0 unspecified atom stereocenters. The third-order valence-electron chi connectivity index (χ3n) is 3.73. The van der Waals surface area contributed by atoms with Gasteiger partial charge in [0.2, 0.25) is 0 Å². The third-order valence-corrected chi connectivity index (χ3v) is 3.73. The molecule has 2 nitrogen and oxygen atoms in total. The minimum Gasteiger partial charge on any atom is -0.312 e. The van der Waals surface area contributed by atoms with Crippen LogP contribution in [-0.2, 0) is 0 Å². The van der Waals surface area contributed by atoms with Gasteiger partial charge in [-0.05, 0) is 38.1 Å². The van der Waals surface area contributed by atoms with Gasteiger partial charge in [-0.25, -0.2) is 0 Å². The molecule has 1 heterocycles. The third kappa shape index (κ3) is 4.42. The van der Waals surface area contributed by atoms with Gasteiger partial charge in [0.15, 0.2) is 0 Å². The lowest BCUT2D eigenvalue weighted by atomic mass is 10.1. The van der Waals surface area contributed by atoms with Crippen LogP contribution in [0, 0.1) is 5.92 Å². The first-order chi connectivity index (χ1) is 7.67. The zero-order chi connectivity index (χ0) is 12.0. The van der Waals surface area contributed by atoms with Gasteiger partial charge in [0, 0.05) is 25.2 Å². The first-order valence-electron chi connectivity index (χ1n) is 7.14. The Hall–Kier alpha value is -0.0800. The molecule has 1 rings (SSSR count). The van der Waals surface area contributed by atoms with E-state index < -0.39 is 0 Å². The van der Waals surface area contributed by atoms with E-state index in [1.807, 2.05) is 0 Å². The zero-order valence-electron chi connectivity index (χ0n) is 11.6. The maximum Gasteiger partial charge on any atom is 0.0221 e. The van der Waals surface area contributed by atoms with E-state index in [4.69, 9.17) is 0 Å². The van der Waals surface area contributed by atoms with Crippen molar-refractivity contribution in [3.8, 4) is 0 Å². The fourth-order valence-corrected chi connectivity index (χ4v) is 2.72. The lowest BCUT2D eigenvalue weighted by Gasteiger charge is -2.28. The van der Waals surface area contributed by atoms with Gasteiger partial charge in [-0.1, -0.05) is 27.7 Å². The summed E-state index contributed by atoms with van der Waals surface area (Å²) in [5, 5.41) is 3.72. The van der Waals surface area contributed by atoms with Crippen molar-refractivity contribution < 1.29 is 0 Å². The molecule has 96 valence electrons. The Bertz CT molecular complexity index is 176. The Morgan fingerprint density at radius 1 is 1.25 bits per heavy atom. The summed E-state index contributed by atoms with van der Waals surface area (Å²) in [6, 6.07) is 1.52. The van der Waals surface area contributed by atoms with Gasteiger partial charge in [0.1, 0.15) is 0 Å². The molecule has 0 saturated carbocycles. The van der Waals surface area contributed by atoms with Gasteiger partial charge in [-0.2, -0.15) is 0 Å². The van der Waals surface area contributed by atoms with Crippen LogP contribution in [0.25, 0.3) is 0 Å². The Morgan fingerprint density at radius 2 is 1.94 bits per heavy atom. The highest BCUT2D eigenvalue weighted by Gasteiger charge is 2.24. The smallest absolute Gasteiger partial charge is 0.0221 e. The lowest BCUT2D eigenvalue weighted by Crippen LogP contribution is -2.42. The number of nitrogens with zero attached hydrogens (tertiary/aromatic N) is 1. The van der Waals surface area contributed by atoms with Crippen LogP contribution in [0.5, 0.6) is 0 Å². The monoisotopic (exact) mass is 226 g/mol. The molecule has 0 spiro atoms. The van der Waals surface area contributed by atoms with Crippen molar-refractivity contribution in [3.05, 3.63) is 0 Å². The SMILES string of the molecule is CCC(CC)NC[C@@H]1CCCN1CC(C)C. The number of hydrogen-bond acceptors (Lipinski definition) is 2. The minimum absolute atomic E-state index is 0.724. The predicted octanol–water partition coefficient (Wildman–Crippen LogP) is 2.89. The van der Waals surface area contributed by atoms with Crippen molar-refractivity contribution in [2.24, 2.45) is 5.92 Å². The molecule has 1 aliphatic rings. The van der Waals surface area contributed by atoms with E-state index in [-0.39, 0.29) is 0 Å². The molecule has 0 aromatic rings. The van der Waals surface area contributed by atoms with Crippen molar-refractivity contribution in [2.45, 2.75) is 65.5 Å². The normalized spacial score (nSPS) is 22.5. The highest BCUT2D eigenvalue weighted by molar-refractivity contribution is 4.82. The number of hydrogen-bond donors (Lipinski definition) is 1. The summed E-state index contributed by atoms with van der Waals surface area (Å²) >= 11 is 0. The van der Waals surface area contributed by atoms with Gasteiger partial charge in [0.25, 0.3) is 0 Å². The number of nitrogens with one attached hydrogen (secondary N) is 1. The maximum atomic E-state index is 3.72. The lowest BCUT2D eigenvalue weighted by molar-refractivity contribution is 0.216. The van der Waals surface area contributed by atoms with Crippen LogP contribution in [0.1, 0.15) is 53.4 Å². The molecular weight excluding hydrogens is 196 g/mol. The van der Waals surface area contributed by atoms with Crippen LogP contribution in [0.2, 0.25) is 0 Å². The quantitative estimate of drug-likeness (QED) is 0.718. The van der Waals surface area contributed by atoms with Gasteiger partial charge in [-0.15, -0.1) is 0 Å². The van der Waals surface area contributed by atoms with Gasteiger partial charge < -0.3 is 5.32 Å². The van der Waals surface area contributed by atoms with Crippen LogP contribution < -0.4 is 5.32 Å². The molecule has 16 heavy (non-hydrogen) atoms. The average molecular weight is 226 g/mol. The highest BCUT2D eigenvalue weighted by Crippen LogP contribution is 2.18. The first kappa shape index (κ1) is 14.0. The standard InChI is InChI=1S/C14H30N2/c1-5-13(6-2)15-10-14-8-7-9-16(14)11-12(3)4/h12-15H,5-11H2,1-4H3/t14-/m0/s1. The molecule has 0 amide bonds. The summed E-state index contributed by atoms with van der Waals surface area (Å²) in [5.41, 5.74) is 0. The molecule has 0 radical (unpaired) electrons. The van der Waals surface area contributed by atoms with Crippen molar-refractivity contribution in [2.75, 3.05) is 19.6 Å². The van der Waals surface area contributed by atoms with E-state index in [1.165, 1.54) is 45.3 Å². The van der Waals surface area contributed by atoms with E-state index in [2.05, 4.69) is 37.9 Å². The average Bonchev–Trinajstić information content (AvgIpc) is 2.66. The van der Waals surface area contributed by atoms with Gasteiger partial charge >= 0.3 is 0 Å². The Labute approximate surface area is 102 Å². The molecule has 0 aromatic heterocycles. The van der Waals surface area contributed by atoms with E-state index in [1.54, 1.807) is 0 Å². The van der Waals surface area contributed by atoms with E-state index in [0.29, 0.717) is 0 Å². The summed E-state index contributed by atoms with van der Waals surface area (Å²) < 4.78 is 0. The molecule has 1 N–H and O–H groups in total. The van der Waals surface area contributed by atoms with Crippen LogP contribution in [0.4, 0.5) is 0 Å². The van der Waals surface area contributed by atoms with E-state index in [9.17, 15) is 0 Å². The Morgan fingerprint density at radius 3 is 2.50 bits per heavy atom. The summed E-state index contributed by atoms with van der Waals surface area (Å²) in [4.78, 5) is 2.68.